The van der Waals surface area contributed by atoms with Gasteiger partial charge in [0.05, 0.1) is 18.9 Å². The van der Waals surface area contributed by atoms with Crippen molar-refractivity contribution >= 4 is 11.9 Å². The Morgan fingerprint density at radius 2 is 1.71 bits per heavy atom. The predicted molar refractivity (Wildman–Crippen MR) is 59.9 cm³/mol. The molecule has 6 heteroatoms. The molecule has 0 saturated carbocycles. The molecule has 0 N–H and O–H groups in total. The average molecular weight is 240 g/mol. The third kappa shape index (κ3) is 2.64. The van der Waals surface area contributed by atoms with E-state index in [1.54, 1.807) is 27.8 Å². The zero-order valence-electron chi connectivity index (χ0n) is 10.4. The van der Waals surface area contributed by atoms with Crippen molar-refractivity contribution in [3.05, 3.63) is 17.0 Å². The Kier molecular flexibility index (Phi) is 4.25. The number of carbonyl (C=O) groups is 2. The van der Waals surface area contributed by atoms with Crippen molar-refractivity contribution in [3.8, 4) is 0 Å². The van der Waals surface area contributed by atoms with E-state index in [1.165, 1.54) is 4.68 Å². The summed E-state index contributed by atoms with van der Waals surface area (Å²) in [6.45, 7) is 5.57. The summed E-state index contributed by atoms with van der Waals surface area (Å²) in [6.07, 6.45) is 0. The van der Waals surface area contributed by atoms with Crippen LogP contribution < -0.4 is 0 Å². The van der Waals surface area contributed by atoms with Crippen LogP contribution in [0.1, 0.15) is 40.4 Å². The Morgan fingerprint density at radius 1 is 1.18 bits per heavy atom. The van der Waals surface area contributed by atoms with E-state index in [0.29, 0.717) is 5.69 Å². The number of hydrogen-bond donors (Lipinski definition) is 0. The van der Waals surface area contributed by atoms with Gasteiger partial charge in [-0.2, -0.15) is 5.10 Å². The second kappa shape index (κ2) is 5.47. The molecule has 1 rings (SSSR count). The van der Waals surface area contributed by atoms with Gasteiger partial charge >= 0.3 is 11.9 Å². The van der Waals surface area contributed by atoms with E-state index in [-0.39, 0.29) is 24.5 Å². The van der Waals surface area contributed by atoms with Crippen LogP contribution in [0.2, 0.25) is 0 Å². The second-order valence-electron chi connectivity index (χ2n) is 3.37. The summed E-state index contributed by atoms with van der Waals surface area (Å²) in [5, 5.41) is 3.97. The smallest absolute Gasteiger partial charge is 0.359 e. The first-order chi connectivity index (χ1) is 8.02. The summed E-state index contributed by atoms with van der Waals surface area (Å²) in [7, 11) is 1.65. The highest BCUT2D eigenvalue weighted by atomic mass is 16.5. The molecule has 1 heterocycles. The van der Waals surface area contributed by atoms with Crippen molar-refractivity contribution in [2.24, 2.45) is 7.05 Å². The van der Waals surface area contributed by atoms with Gasteiger partial charge in [-0.3, -0.25) is 4.68 Å². The molecule has 0 fully saturated rings. The van der Waals surface area contributed by atoms with Crippen LogP contribution in [0.15, 0.2) is 0 Å². The topological polar surface area (TPSA) is 70.4 Å². The molecule has 6 nitrogen and oxygen atoms in total. The number of carbonyl (C=O) groups excluding carboxylic acids is 2. The molecular weight excluding hydrogens is 224 g/mol. The zero-order valence-corrected chi connectivity index (χ0v) is 10.4. The summed E-state index contributed by atoms with van der Waals surface area (Å²) in [5.41, 5.74) is 0.754. The van der Waals surface area contributed by atoms with E-state index in [9.17, 15) is 9.59 Å². The molecule has 0 saturated heterocycles. The quantitative estimate of drug-likeness (QED) is 0.736. The SMILES string of the molecule is CCOC(=O)c1nn(C)c(C)c1C(=O)OCC. The van der Waals surface area contributed by atoms with Gasteiger partial charge in [-0.15, -0.1) is 0 Å². The van der Waals surface area contributed by atoms with Gasteiger partial charge in [0.1, 0.15) is 5.56 Å². The fraction of sp³-hybridized carbons (Fsp3) is 0.545. The molecule has 0 atom stereocenters. The van der Waals surface area contributed by atoms with Gasteiger partial charge in [-0.25, -0.2) is 9.59 Å². The largest absolute Gasteiger partial charge is 0.462 e. The second-order valence-corrected chi connectivity index (χ2v) is 3.37. The number of hydrogen-bond acceptors (Lipinski definition) is 5. The minimum Gasteiger partial charge on any atom is -0.462 e. The lowest BCUT2D eigenvalue weighted by Gasteiger charge is -2.03. The molecule has 0 radical (unpaired) electrons. The maximum absolute atomic E-state index is 11.7. The normalized spacial score (nSPS) is 10.1. The van der Waals surface area contributed by atoms with Gasteiger partial charge in [-0.1, -0.05) is 0 Å². The minimum absolute atomic E-state index is 0.00491. The molecule has 0 aliphatic rings. The van der Waals surface area contributed by atoms with Crippen LogP contribution in [-0.4, -0.2) is 34.9 Å². The molecule has 0 aliphatic heterocycles. The molecule has 0 spiro atoms. The van der Waals surface area contributed by atoms with Crippen LogP contribution in [0.4, 0.5) is 0 Å². The predicted octanol–water partition coefficient (Wildman–Crippen LogP) is 1.08. The van der Waals surface area contributed by atoms with Crippen LogP contribution in [0.25, 0.3) is 0 Å². The molecule has 0 aromatic carbocycles. The van der Waals surface area contributed by atoms with Gasteiger partial charge in [0, 0.05) is 7.05 Å². The first kappa shape index (κ1) is 13.2. The van der Waals surface area contributed by atoms with E-state index in [2.05, 4.69) is 5.10 Å². The van der Waals surface area contributed by atoms with Crippen molar-refractivity contribution in [1.29, 1.82) is 0 Å². The van der Waals surface area contributed by atoms with Crippen LogP contribution in [0.3, 0.4) is 0 Å². The Labute approximate surface area is 99.5 Å². The lowest BCUT2D eigenvalue weighted by atomic mass is 10.2. The van der Waals surface area contributed by atoms with E-state index in [1.807, 2.05) is 0 Å². The number of aromatic nitrogens is 2. The number of ether oxygens (including phenoxy) is 2. The van der Waals surface area contributed by atoms with Gasteiger partial charge in [0.15, 0.2) is 5.69 Å². The first-order valence-corrected chi connectivity index (χ1v) is 5.40. The van der Waals surface area contributed by atoms with Crippen LogP contribution >= 0.6 is 0 Å². The summed E-state index contributed by atoms with van der Waals surface area (Å²) in [6, 6.07) is 0. The van der Waals surface area contributed by atoms with Crippen molar-refractivity contribution in [3.63, 3.8) is 0 Å². The Hall–Kier alpha value is -1.85. The minimum atomic E-state index is -0.612. The van der Waals surface area contributed by atoms with Crippen molar-refractivity contribution in [1.82, 2.24) is 9.78 Å². The van der Waals surface area contributed by atoms with Crippen LogP contribution in [0.5, 0.6) is 0 Å². The molecule has 17 heavy (non-hydrogen) atoms. The molecule has 0 unspecified atom stereocenters. The first-order valence-electron chi connectivity index (χ1n) is 5.40. The summed E-state index contributed by atoms with van der Waals surface area (Å²) < 4.78 is 11.2. The fourth-order valence-corrected chi connectivity index (χ4v) is 1.40. The molecule has 0 aliphatic carbocycles. The van der Waals surface area contributed by atoms with E-state index in [0.717, 1.165) is 0 Å². The molecule has 0 bridgehead atoms. The molecule has 0 amide bonds. The lowest BCUT2D eigenvalue weighted by molar-refractivity contribution is 0.0475. The van der Waals surface area contributed by atoms with Crippen molar-refractivity contribution in [2.75, 3.05) is 13.2 Å². The maximum atomic E-state index is 11.7. The fourth-order valence-electron chi connectivity index (χ4n) is 1.40. The summed E-state index contributed by atoms with van der Waals surface area (Å²) >= 11 is 0. The Morgan fingerprint density at radius 3 is 2.24 bits per heavy atom. The molecule has 1 aromatic heterocycles. The van der Waals surface area contributed by atoms with Crippen LogP contribution in [-0.2, 0) is 16.5 Å². The third-order valence-electron chi connectivity index (χ3n) is 2.28. The Bertz CT molecular complexity index is 437. The number of nitrogens with zero attached hydrogens (tertiary/aromatic N) is 2. The highest BCUT2D eigenvalue weighted by Gasteiger charge is 2.26. The standard InChI is InChI=1S/C11H16N2O4/c1-5-16-10(14)8-7(3)13(4)12-9(8)11(15)17-6-2/h5-6H2,1-4H3. The molecular formula is C11H16N2O4. The lowest BCUT2D eigenvalue weighted by Crippen LogP contribution is -2.13. The molecule has 94 valence electrons. The van der Waals surface area contributed by atoms with Crippen LogP contribution in [0, 0.1) is 6.92 Å². The van der Waals surface area contributed by atoms with Crippen molar-refractivity contribution in [2.45, 2.75) is 20.8 Å². The monoisotopic (exact) mass is 240 g/mol. The van der Waals surface area contributed by atoms with E-state index < -0.39 is 11.9 Å². The zero-order chi connectivity index (χ0) is 13.0. The van der Waals surface area contributed by atoms with E-state index in [4.69, 9.17) is 9.47 Å². The highest BCUT2D eigenvalue weighted by molar-refractivity contribution is 6.02. The summed E-state index contributed by atoms with van der Waals surface area (Å²) in [4.78, 5) is 23.4. The highest BCUT2D eigenvalue weighted by Crippen LogP contribution is 2.15. The van der Waals surface area contributed by atoms with Gasteiger partial charge in [0.2, 0.25) is 0 Å². The van der Waals surface area contributed by atoms with Gasteiger partial charge < -0.3 is 9.47 Å². The number of esters is 2. The van der Waals surface area contributed by atoms with Gasteiger partial charge in [0.25, 0.3) is 0 Å². The molecule has 1 aromatic rings. The van der Waals surface area contributed by atoms with Crippen molar-refractivity contribution < 1.29 is 19.1 Å². The Balaban J connectivity index is 3.17. The van der Waals surface area contributed by atoms with E-state index >= 15 is 0 Å². The number of rotatable bonds is 4. The summed E-state index contributed by atoms with van der Waals surface area (Å²) in [5.74, 6) is -1.17. The number of aryl methyl sites for hydroxylation is 1. The average Bonchev–Trinajstić information content (AvgIpc) is 2.56. The third-order valence-corrected chi connectivity index (χ3v) is 2.28. The maximum Gasteiger partial charge on any atom is 0.359 e. The van der Waals surface area contributed by atoms with Gasteiger partial charge in [-0.05, 0) is 20.8 Å².